The zero-order valence-electron chi connectivity index (χ0n) is 10.5. The quantitative estimate of drug-likeness (QED) is 0.758. The van der Waals surface area contributed by atoms with Crippen LogP contribution in [0, 0.1) is 6.92 Å². The fourth-order valence-electron chi connectivity index (χ4n) is 1.81. The molecular weight excluding hydrogens is 238 g/mol. The van der Waals surface area contributed by atoms with Crippen LogP contribution in [0.2, 0.25) is 0 Å². The van der Waals surface area contributed by atoms with Gasteiger partial charge in [0.15, 0.2) is 0 Å². The highest BCUT2D eigenvalue weighted by Crippen LogP contribution is 2.19. The summed E-state index contributed by atoms with van der Waals surface area (Å²) < 4.78 is 1.81. The molecular formula is C14H13N5. The Morgan fingerprint density at radius 3 is 2.63 bits per heavy atom. The molecule has 1 aromatic carbocycles. The van der Waals surface area contributed by atoms with E-state index in [1.165, 1.54) is 0 Å². The Morgan fingerprint density at radius 2 is 1.89 bits per heavy atom. The van der Waals surface area contributed by atoms with Crippen LogP contribution in [0.15, 0.2) is 48.8 Å². The molecule has 0 saturated heterocycles. The van der Waals surface area contributed by atoms with E-state index in [1.54, 1.807) is 6.20 Å². The van der Waals surface area contributed by atoms with Crippen molar-refractivity contribution in [2.45, 2.75) is 6.92 Å². The largest absolute Gasteiger partial charge is 0.382 e. The van der Waals surface area contributed by atoms with Crippen LogP contribution in [-0.4, -0.2) is 20.0 Å². The van der Waals surface area contributed by atoms with E-state index in [2.05, 4.69) is 15.3 Å². The molecule has 5 heteroatoms. The molecule has 0 fully saturated rings. The average molecular weight is 251 g/mol. The van der Waals surface area contributed by atoms with Crippen molar-refractivity contribution in [2.75, 3.05) is 5.73 Å². The van der Waals surface area contributed by atoms with E-state index >= 15 is 0 Å². The van der Waals surface area contributed by atoms with Crippen molar-refractivity contribution in [1.29, 1.82) is 0 Å². The number of benzene rings is 1. The molecule has 0 radical (unpaired) electrons. The Bertz CT molecular complexity index is 703. The molecule has 0 aliphatic carbocycles. The van der Waals surface area contributed by atoms with Crippen LogP contribution in [0.1, 0.15) is 5.56 Å². The van der Waals surface area contributed by atoms with E-state index in [9.17, 15) is 0 Å². The standard InChI is InChI=1S/C14H13N5/c1-10-7-13(17-18-14(10)15)11-8-16-19(9-11)12-5-3-2-4-6-12/h2-9H,1H3,(H2,15,18). The average Bonchev–Trinajstić information content (AvgIpc) is 2.93. The van der Waals surface area contributed by atoms with Gasteiger partial charge in [0.2, 0.25) is 0 Å². The summed E-state index contributed by atoms with van der Waals surface area (Å²) in [7, 11) is 0. The van der Waals surface area contributed by atoms with Gasteiger partial charge in [0.05, 0.1) is 17.6 Å². The zero-order valence-corrected chi connectivity index (χ0v) is 10.5. The van der Waals surface area contributed by atoms with Crippen LogP contribution in [0.5, 0.6) is 0 Å². The Kier molecular flexibility index (Phi) is 2.72. The Hall–Kier alpha value is -2.69. The van der Waals surface area contributed by atoms with E-state index in [4.69, 9.17) is 5.73 Å². The zero-order chi connectivity index (χ0) is 13.2. The first-order valence-electron chi connectivity index (χ1n) is 5.94. The van der Waals surface area contributed by atoms with Gasteiger partial charge in [-0.1, -0.05) is 18.2 Å². The first kappa shape index (κ1) is 11.4. The fourth-order valence-corrected chi connectivity index (χ4v) is 1.81. The van der Waals surface area contributed by atoms with Gasteiger partial charge in [-0.3, -0.25) is 0 Å². The van der Waals surface area contributed by atoms with Crippen LogP contribution < -0.4 is 5.73 Å². The SMILES string of the molecule is Cc1cc(-c2cnn(-c3ccccc3)c2)nnc1N. The summed E-state index contributed by atoms with van der Waals surface area (Å²) in [5, 5.41) is 12.3. The third-order valence-electron chi connectivity index (χ3n) is 2.92. The highest BCUT2D eigenvalue weighted by molar-refractivity contribution is 5.59. The van der Waals surface area contributed by atoms with Crippen LogP contribution in [0.4, 0.5) is 5.82 Å². The summed E-state index contributed by atoms with van der Waals surface area (Å²) in [4.78, 5) is 0. The summed E-state index contributed by atoms with van der Waals surface area (Å²) in [6.45, 7) is 1.91. The molecule has 0 unspecified atom stereocenters. The first-order valence-corrected chi connectivity index (χ1v) is 5.94. The van der Waals surface area contributed by atoms with Gasteiger partial charge in [0, 0.05) is 11.8 Å². The molecule has 0 atom stereocenters. The van der Waals surface area contributed by atoms with Crippen LogP contribution >= 0.6 is 0 Å². The molecule has 0 aliphatic heterocycles. The third-order valence-corrected chi connectivity index (χ3v) is 2.92. The lowest BCUT2D eigenvalue weighted by atomic mass is 10.2. The maximum atomic E-state index is 5.67. The monoisotopic (exact) mass is 251 g/mol. The number of aryl methyl sites for hydroxylation is 1. The van der Waals surface area contributed by atoms with Crippen molar-refractivity contribution in [2.24, 2.45) is 0 Å². The Morgan fingerprint density at radius 1 is 1.11 bits per heavy atom. The van der Waals surface area contributed by atoms with Gasteiger partial charge in [-0.2, -0.15) is 5.10 Å². The number of hydrogen-bond donors (Lipinski definition) is 1. The molecule has 2 aromatic heterocycles. The lowest BCUT2D eigenvalue weighted by Gasteiger charge is -2.01. The molecule has 0 saturated carbocycles. The van der Waals surface area contributed by atoms with Gasteiger partial charge in [-0.25, -0.2) is 4.68 Å². The Labute approximate surface area is 110 Å². The fraction of sp³-hybridized carbons (Fsp3) is 0.0714. The molecule has 2 heterocycles. The number of nitrogens with zero attached hydrogens (tertiary/aromatic N) is 4. The van der Waals surface area contributed by atoms with E-state index in [-0.39, 0.29) is 0 Å². The highest BCUT2D eigenvalue weighted by atomic mass is 15.3. The molecule has 0 amide bonds. The number of aromatic nitrogens is 4. The number of nitrogens with two attached hydrogens (primary N) is 1. The van der Waals surface area contributed by atoms with Crippen molar-refractivity contribution in [3.63, 3.8) is 0 Å². The smallest absolute Gasteiger partial charge is 0.149 e. The number of anilines is 1. The molecule has 0 aliphatic rings. The lowest BCUT2D eigenvalue weighted by Crippen LogP contribution is -1.97. The predicted octanol–water partition coefficient (Wildman–Crippen LogP) is 2.22. The molecule has 5 nitrogen and oxygen atoms in total. The molecule has 0 spiro atoms. The van der Waals surface area contributed by atoms with Gasteiger partial charge in [0.25, 0.3) is 0 Å². The molecule has 3 rings (SSSR count). The maximum Gasteiger partial charge on any atom is 0.149 e. The minimum absolute atomic E-state index is 0.458. The van der Waals surface area contributed by atoms with E-state index in [0.717, 1.165) is 22.5 Å². The van der Waals surface area contributed by atoms with Crippen LogP contribution in [0.3, 0.4) is 0 Å². The predicted molar refractivity (Wildman–Crippen MR) is 73.7 cm³/mol. The molecule has 2 N–H and O–H groups in total. The first-order chi connectivity index (χ1) is 9.24. The lowest BCUT2D eigenvalue weighted by molar-refractivity contribution is 0.880. The van der Waals surface area contributed by atoms with Gasteiger partial charge >= 0.3 is 0 Å². The molecule has 19 heavy (non-hydrogen) atoms. The van der Waals surface area contributed by atoms with Crippen molar-refractivity contribution < 1.29 is 0 Å². The van der Waals surface area contributed by atoms with Crippen molar-refractivity contribution in [1.82, 2.24) is 20.0 Å². The van der Waals surface area contributed by atoms with Gasteiger partial charge in [0.1, 0.15) is 5.82 Å². The van der Waals surface area contributed by atoms with Gasteiger partial charge in [-0.15, -0.1) is 10.2 Å². The third kappa shape index (κ3) is 2.18. The summed E-state index contributed by atoms with van der Waals surface area (Å²) >= 11 is 0. The summed E-state index contributed by atoms with van der Waals surface area (Å²) in [5.41, 5.74) is 9.28. The summed E-state index contributed by atoms with van der Waals surface area (Å²) in [6.07, 6.45) is 3.70. The van der Waals surface area contributed by atoms with Crippen LogP contribution in [-0.2, 0) is 0 Å². The summed E-state index contributed by atoms with van der Waals surface area (Å²) in [5.74, 6) is 0.458. The minimum atomic E-state index is 0.458. The topological polar surface area (TPSA) is 69.6 Å². The normalized spacial score (nSPS) is 10.6. The van der Waals surface area contributed by atoms with Crippen molar-refractivity contribution in [3.05, 3.63) is 54.4 Å². The number of para-hydroxylation sites is 1. The number of rotatable bonds is 2. The highest BCUT2D eigenvalue weighted by Gasteiger charge is 2.06. The maximum absolute atomic E-state index is 5.67. The minimum Gasteiger partial charge on any atom is -0.382 e. The van der Waals surface area contributed by atoms with Crippen molar-refractivity contribution in [3.8, 4) is 16.9 Å². The molecule has 0 bridgehead atoms. The second kappa shape index (κ2) is 4.53. The van der Waals surface area contributed by atoms with Crippen LogP contribution in [0.25, 0.3) is 16.9 Å². The summed E-state index contributed by atoms with van der Waals surface area (Å²) in [6, 6.07) is 11.8. The van der Waals surface area contributed by atoms with E-state index < -0.39 is 0 Å². The number of hydrogen-bond acceptors (Lipinski definition) is 4. The molecule has 94 valence electrons. The van der Waals surface area contributed by atoms with Gasteiger partial charge < -0.3 is 5.73 Å². The second-order valence-corrected chi connectivity index (χ2v) is 4.31. The number of nitrogen functional groups attached to an aromatic ring is 1. The molecule has 3 aromatic rings. The van der Waals surface area contributed by atoms with E-state index in [1.807, 2.05) is 54.2 Å². The second-order valence-electron chi connectivity index (χ2n) is 4.31. The van der Waals surface area contributed by atoms with Crippen molar-refractivity contribution >= 4 is 5.82 Å². The Balaban J connectivity index is 1.99. The van der Waals surface area contributed by atoms with Gasteiger partial charge in [-0.05, 0) is 30.7 Å². The van der Waals surface area contributed by atoms with E-state index in [0.29, 0.717) is 5.82 Å².